The molecule has 1 aromatic rings. The Balaban J connectivity index is 2.46. The van der Waals surface area contributed by atoms with Crippen LogP contribution in [0.3, 0.4) is 0 Å². The van der Waals surface area contributed by atoms with Gasteiger partial charge in [-0.25, -0.2) is 23.1 Å². The fourth-order valence-corrected chi connectivity index (χ4v) is 2.22. The Morgan fingerprint density at radius 1 is 1.33 bits per heavy atom. The molecule has 0 aromatic carbocycles. The molecule has 0 bridgehead atoms. The Bertz CT molecular complexity index is 464. The van der Waals surface area contributed by atoms with Crippen LogP contribution in [0.15, 0.2) is 12.4 Å². The zero-order valence-corrected chi connectivity index (χ0v) is 11.3. The molecule has 0 unspecified atom stereocenters. The van der Waals surface area contributed by atoms with E-state index < -0.39 is 10.0 Å². The largest absolute Gasteiger partial charge is 0.478 e. The molecule has 1 heterocycles. The number of aromatic nitrogens is 2. The SMILES string of the molecule is CCNS(=O)(=O)CCNc1cc(OCC)ncn1. The minimum Gasteiger partial charge on any atom is -0.478 e. The van der Waals surface area contributed by atoms with Crippen molar-refractivity contribution >= 4 is 15.8 Å². The third-order valence-corrected chi connectivity index (χ3v) is 3.45. The number of rotatable bonds is 8. The van der Waals surface area contributed by atoms with Crippen LogP contribution in [0.2, 0.25) is 0 Å². The fraction of sp³-hybridized carbons (Fsp3) is 0.600. The maximum absolute atomic E-state index is 11.4. The van der Waals surface area contributed by atoms with Crippen molar-refractivity contribution in [3.05, 3.63) is 12.4 Å². The quantitative estimate of drug-likeness (QED) is 0.704. The van der Waals surface area contributed by atoms with Crippen LogP contribution in [0, 0.1) is 0 Å². The Morgan fingerprint density at radius 3 is 2.78 bits per heavy atom. The molecule has 0 spiro atoms. The number of nitrogens with one attached hydrogen (secondary N) is 2. The summed E-state index contributed by atoms with van der Waals surface area (Å²) in [5, 5.41) is 2.91. The molecule has 0 saturated heterocycles. The van der Waals surface area contributed by atoms with Gasteiger partial charge in [0.05, 0.1) is 12.4 Å². The molecule has 0 fully saturated rings. The smallest absolute Gasteiger partial charge is 0.218 e. The van der Waals surface area contributed by atoms with Gasteiger partial charge in [0, 0.05) is 19.2 Å². The summed E-state index contributed by atoms with van der Waals surface area (Å²) in [4.78, 5) is 7.88. The van der Waals surface area contributed by atoms with Crippen molar-refractivity contribution in [1.82, 2.24) is 14.7 Å². The predicted molar refractivity (Wildman–Crippen MR) is 69.2 cm³/mol. The van der Waals surface area contributed by atoms with Gasteiger partial charge in [0.1, 0.15) is 12.1 Å². The highest BCUT2D eigenvalue weighted by Gasteiger charge is 2.07. The highest BCUT2D eigenvalue weighted by atomic mass is 32.2. The van der Waals surface area contributed by atoms with Crippen molar-refractivity contribution in [1.29, 1.82) is 0 Å². The van der Waals surface area contributed by atoms with E-state index >= 15 is 0 Å². The standard InChI is InChI=1S/C10H18N4O3S/c1-3-14-18(15,16)6-5-11-9-7-10(17-4-2)13-8-12-9/h7-8,14H,3-6H2,1-2H3,(H,11,12,13). The van der Waals surface area contributed by atoms with E-state index in [0.29, 0.717) is 24.8 Å². The van der Waals surface area contributed by atoms with E-state index in [1.165, 1.54) is 6.33 Å². The first-order valence-electron chi connectivity index (χ1n) is 5.73. The van der Waals surface area contributed by atoms with E-state index in [9.17, 15) is 8.42 Å². The van der Waals surface area contributed by atoms with E-state index in [0.717, 1.165) is 0 Å². The molecule has 0 aliphatic rings. The summed E-state index contributed by atoms with van der Waals surface area (Å²) in [6.07, 6.45) is 1.37. The molecular formula is C10H18N4O3S. The van der Waals surface area contributed by atoms with Gasteiger partial charge < -0.3 is 10.1 Å². The third kappa shape index (κ3) is 5.28. The van der Waals surface area contributed by atoms with E-state index in [2.05, 4.69) is 20.0 Å². The first-order chi connectivity index (χ1) is 8.57. The van der Waals surface area contributed by atoms with Gasteiger partial charge in [0.25, 0.3) is 0 Å². The zero-order chi connectivity index (χ0) is 13.4. The number of anilines is 1. The maximum atomic E-state index is 11.4. The summed E-state index contributed by atoms with van der Waals surface area (Å²) < 4.78 is 30.4. The summed E-state index contributed by atoms with van der Waals surface area (Å²) >= 11 is 0. The van der Waals surface area contributed by atoms with Gasteiger partial charge in [0.15, 0.2) is 0 Å². The van der Waals surface area contributed by atoms with Crippen LogP contribution in [0.25, 0.3) is 0 Å². The molecule has 0 radical (unpaired) electrons. The zero-order valence-electron chi connectivity index (χ0n) is 10.5. The van der Waals surface area contributed by atoms with Crippen molar-refractivity contribution in [2.45, 2.75) is 13.8 Å². The number of sulfonamides is 1. The number of hydrogen-bond donors (Lipinski definition) is 2. The third-order valence-electron chi connectivity index (χ3n) is 1.98. The fourth-order valence-electron chi connectivity index (χ4n) is 1.27. The first-order valence-corrected chi connectivity index (χ1v) is 7.38. The van der Waals surface area contributed by atoms with Crippen molar-refractivity contribution in [3.63, 3.8) is 0 Å². The van der Waals surface area contributed by atoms with Crippen LogP contribution in [0.4, 0.5) is 5.82 Å². The molecule has 1 rings (SSSR count). The lowest BCUT2D eigenvalue weighted by Crippen LogP contribution is -2.29. The van der Waals surface area contributed by atoms with Gasteiger partial charge in [0.2, 0.25) is 15.9 Å². The van der Waals surface area contributed by atoms with Crippen LogP contribution < -0.4 is 14.8 Å². The van der Waals surface area contributed by atoms with Crippen molar-refractivity contribution in [2.75, 3.05) is 30.8 Å². The molecular weight excluding hydrogens is 256 g/mol. The van der Waals surface area contributed by atoms with Crippen LogP contribution in [-0.4, -0.2) is 43.8 Å². The normalized spacial score (nSPS) is 11.2. The molecule has 0 aliphatic carbocycles. The lowest BCUT2D eigenvalue weighted by molar-refractivity contribution is 0.326. The van der Waals surface area contributed by atoms with Gasteiger partial charge >= 0.3 is 0 Å². The molecule has 8 heteroatoms. The van der Waals surface area contributed by atoms with E-state index in [-0.39, 0.29) is 12.3 Å². The maximum Gasteiger partial charge on any atom is 0.218 e. The Kier molecular flexibility index (Phi) is 5.79. The van der Waals surface area contributed by atoms with Gasteiger partial charge in [-0.05, 0) is 6.92 Å². The molecule has 2 N–H and O–H groups in total. The highest BCUT2D eigenvalue weighted by Crippen LogP contribution is 2.10. The van der Waals surface area contributed by atoms with Crippen LogP contribution in [-0.2, 0) is 10.0 Å². The molecule has 1 aromatic heterocycles. The van der Waals surface area contributed by atoms with Crippen molar-refractivity contribution in [3.8, 4) is 5.88 Å². The molecule has 0 atom stereocenters. The van der Waals surface area contributed by atoms with Crippen molar-refractivity contribution < 1.29 is 13.2 Å². The first kappa shape index (κ1) is 14.7. The number of hydrogen-bond acceptors (Lipinski definition) is 6. The summed E-state index contributed by atoms with van der Waals surface area (Å²) in [5.74, 6) is 0.999. The molecule has 0 aliphatic heterocycles. The Morgan fingerprint density at radius 2 is 2.11 bits per heavy atom. The topological polar surface area (TPSA) is 93.2 Å². The van der Waals surface area contributed by atoms with Gasteiger partial charge in [-0.1, -0.05) is 6.92 Å². The van der Waals surface area contributed by atoms with Crippen molar-refractivity contribution in [2.24, 2.45) is 0 Å². The van der Waals surface area contributed by atoms with Gasteiger partial charge in [-0.15, -0.1) is 0 Å². The minimum absolute atomic E-state index is 0.00515. The molecule has 18 heavy (non-hydrogen) atoms. The van der Waals surface area contributed by atoms with E-state index in [1.807, 2.05) is 6.92 Å². The van der Waals surface area contributed by atoms with E-state index in [4.69, 9.17) is 4.74 Å². The highest BCUT2D eigenvalue weighted by molar-refractivity contribution is 7.89. The second-order valence-corrected chi connectivity index (χ2v) is 5.34. The number of ether oxygens (including phenoxy) is 1. The van der Waals surface area contributed by atoms with Crippen LogP contribution >= 0.6 is 0 Å². The van der Waals surface area contributed by atoms with Gasteiger partial charge in [-0.3, -0.25) is 0 Å². The molecule has 0 saturated carbocycles. The number of nitrogens with zero attached hydrogens (tertiary/aromatic N) is 2. The summed E-state index contributed by atoms with van der Waals surface area (Å²) in [5.41, 5.74) is 0. The average molecular weight is 274 g/mol. The Hall–Kier alpha value is -1.41. The summed E-state index contributed by atoms with van der Waals surface area (Å²) in [6, 6.07) is 1.63. The molecule has 0 amide bonds. The molecule has 7 nitrogen and oxygen atoms in total. The lowest BCUT2D eigenvalue weighted by atomic mass is 10.5. The van der Waals surface area contributed by atoms with Crippen LogP contribution in [0.1, 0.15) is 13.8 Å². The predicted octanol–water partition coefficient (Wildman–Crippen LogP) is 0.226. The van der Waals surface area contributed by atoms with Crippen LogP contribution in [0.5, 0.6) is 5.88 Å². The second kappa shape index (κ2) is 7.12. The average Bonchev–Trinajstić information content (AvgIpc) is 2.29. The van der Waals surface area contributed by atoms with Gasteiger partial charge in [-0.2, -0.15) is 0 Å². The Labute approximate surface area is 107 Å². The summed E-state index contributed by atoms with van der Waals surface area (Å²) in [6.45, 7) is 4.79. The second-order valence-electron chi connectivity index (χ2n) is 3.42. The molecule has 102 valence electrons. The van der Waals surface area contributed by atoms with E-state index in [1.54, 1.807) is 13.0 Å². The minimum atomic E-state index is -3.21. The monoisotopic (exact) mass is 274 g/mol. The summed E-state index contributed by atoms with van der Waals surface area (Å²) in [7, 11) is -3.21. The lowest BCUT2D eigenvalue weighted by Gasteiger charge is -2.07.